The van der Waals surface area contributed by atoms with E-state index in [0.717, 1.165) is 33.4 Å². The normalized spacial score (nSPS) is 13.0. The molecule has 223 valence electrons. The molecular formula is C35H33N2O6Si. The van der Waals surface area contributed by atoms with E-state index in [4.69, 9.17) is 9.47 Å². The molecule has 0 unspecified atom stereocenters. The molecule has 2 aliphatic carbocycles. The maximum atomic E-state index is 12.6. The summed E-state index contributed by atoms with van der Waals surface area (Å²) in [6.45, 7) is 0.700. The Kier molecular flexibility index (Phi) is 8.74. The van der Waals surface area contributed by atoms with Crippen LogP contribution in [0.4, 0.5) is 14.4 Å². The number of ether oxygens (including phenoxy) is 2. The number of carboxylic acid groups (broad SMARTS) is 1. The predicted octanol–water partition coefficient (Wildman–Crippen LogP) is 7.10. The van der Waals surface area contributed by atoms with Crippen molar-refractivity contribution in [3.8, 4) is 22.3 Å². The van der Waals surface area contributed by atoms with E-state index in [1.807, 2.05) is 60.7 Å². The number of amides is 2. The van der Waals surface area contributed by atoms with Crippen LogP contribution in [0.15, 0.2) is 97.1 Å². The molecule has 1 radical (unpaired) electrons. The number of carbonyl (C=O) groups is 3. The second-order valence-electron chi connectivity index (χ2n) is 10.9. The minimum atomic E-state index is -2.26. The number of rotatable bonds is 11. The van der Waals surface area contributed by atoms with Gasteiger partial charge in [-0.25, -0.2) is 9.59 Å². The lowest BCUT2D eigenvalue weighted by atomic mass is 9.98. The summed E-state index contributed by atoms with van der Waals surface area (Å²) in [6, 6.07) is 32.7. The molecule has 0 aromatic heterocycles. The molecule has 4 aromatic carbocycles. The van der Waals surface area contributed by atoms with Crippen molar-refractivity contribution in [3.63, 3.8) is 0 Å². The summed E-state index contributed by atoms with van der Waals surface area (Å²) < 4.78 is 11.1. The molecule has 0 saturated carbocycles. The molecule has 2 aliphatic rings. The molecule has 8 nitrogen and oxygen atoms in total. The van der Waals surface area contributed by atoms with Gasteiger partial charge in [0.15, 0.2) is 0 Å². The van der Waals surface area contributed by atoms with Gasteiger partial charge in [0.2, 0.25) is 0 Å². The molecule has 9 heteroatoms. The van der Waals surface area contributed by atoms with Gasteiger partial charge in [-0.15, -0.1) is 0 Å². The number of fused-ring (bicyclic) bond motifs is 6. The Morgan fingerprint density at radius 1 is 0.614 bits per heavy atom. The van der Waals surface area contributed by atoms with E-state index in [1.54, 1.807) is 0 Å². The van der Waals surface area contributed by atoms with Crippen molar-refractivity contribution in [2.45, 2.75) is 30.7 Å². The topological polar surface area (TPSA) is 114 Å². The van der Waals surface area contributed by atoms with Gasteiger partial charge in [-0.3, -0.25) is 4.79 Å². The number of hydrogen-bond acceptors (Lipinski definition) is 5. The molecule has 0 bridgehead atoms. The van der Waals surface area contributed by atoms with Gasteiger partial charge >= 0.3 is 21.1 Å². The first-order valence-electron chi connectivity index (χ1n) is 14.8. The molecule has 0 saturated heterocycles. The molecule has 6 rings (SSSR count). The summed E-state index contributed by atoms with van der Waals surface area (Å²) >= 11 is 0. The Morgan fingerprint density at radius 3 is 1.45 bits per heavy atom. The third kappa shape index (κ3) is 6.09. The fourth-order valence-electron chi connectivity index (χ4n) is 6.25. The molecule has 2 amide bonds. The van der Waals surface area contributed by atoms with Crippen LogP contribution in [0.5, 0.6) is 0 Å². The van der Waals surface area contributed by atoms with Crippen LogP contribution in [0.1, 0.15) is 46.9 Å². The van der Waals surface area contributed by atoms with Crippen molar-refractivity contribution in [2.24, 2.45) is 0 Å². The summed E-state index contributed by atoms with van der Waals surface area (Å²) in [5.74, 6) is -0.115. The summed E-state index contributed by atoms with van der Waals surface area (Å²) in [5, 5.41) is 12.5. The highest BCUT2D eigenvalue weighted by atomic mass is 28.3. The standard InChI is InChI=1S/C35H33N2O6Si/c38-33(42-21-31-27-15-5-1-11-23(27)24-12-2-6-16-28(24)31)36-19-9-10-20-44(35(40)41)37-34(39)43-22-32-29-17-7-3-13-25(29)26-14-4-8-18-30(26)32/h1-8,11-18,31-32H,9-10,19-22H2,(H,36,38)(H,37,39)(H,40,41). The van der Waals surface area contributed by atoms with Crippen molar-refractivity contribution >= 4 is 26.7 Å². The summed E-state index contributed by atoms with van der Waals surface area (Å²) in [5.41, 5.74) is 8.02. The van der Waals surface area contributed by atoms with Crippen LogP contribution in [0.2, 0.25) is 6.04 Å². The minimum absolute atomic E-state index is 0.0159. The quantitative estimate of drug-likeness (QED) is 0.124. The Hall–Kier alpha value is -4.89. The number of unbranched alkanes of at least 4 members (excludes halogenated alkanes) is 1. The SMILES string of the molecule is O=C(NCCCC[Si](NC(=O)OCC1c2ccccc2-c2ccccc21)C(=O)O)OCC1c2ccccc2-c2ccccc21. The second kappa shape index (κ2) is 13.2. The molecular weight excluding hydrogens is 572 g/mol. The van der Waals surface area contributed by atoms with Crippen LogP contribution >= 0.6 is 0 Å². The van der Waals surface area contributed by atoms with Gasteiger partial charge in [0.25, 0.3) is 5.59 Å². The fourth-order valence-corrected chi connectivity index (χ4v) is 7.62. The maximum Gasteiger partial charge on any atom is 0.407 e. The number of hydrogen-bond donors (Lipinski definition) is 3. The number of benzene rings is 4. The Morgan fingerprint density at radius 2 is 1.02 bits per heavy atom. The highest BCUT2D eigenvalue weighted by Crippen LogP contribution is 2.45. The van der Waals surface area contributed by atoms with Gasteiger partial charge in [-0.1, -0.05) is 103 Å². The predicted molar refractivity (Wildman–Crippen MR) is 169 cm³/mol. The Labute approximate surface area is 257 Å². The van der Waals surface area contributed by atoms with Crippen molar-refractivity contribution < 1.29 is 29.0 Å². The number of nitrogens with one attached hydrogen (secondary N) is 2. The van der Waals surface area contributed by atoms with Crippen LogP contribution in [-0.2, 0) is 9.47 Å². The third-order valence-corrected chi connectivity index (χ3v) is 10.2. The van der Waals surface area contributed by atoms with E-state index in [-0.39, 0.29) is 25.0 Å². The first-order valence-corrected chi connectivity index (χ1v) is 16.5. The third-order valence-electron chi connectivity index (χ3n) is 8.32. The van der Waals surface area contributed by atoms with Gasteiger partial charge in [0, 0.05) is 18.4 Å². The van der Waals surface area contributed by atoms with Gasteiger partial charge in [-0.05, 0) is 57.0 Å². The van der Waals surface area contributed by atoms with Crippen LogP contribution in [-0.4, -0.2) is 51.6 Å². The number of alkyl carbamates (subject to hydrolysis) is 1. The molecule has 0 spiro atoms. The Bertz CT molecular complexity index is 1600. The largest absolute Gasteiger partial charge is 0.484 e. The fraction of sp³-hybridized carbons (Fsp3) is 0.229. The molecule has 0 heterocycles. The monoisotopic (exact) mass is 605 g/mol. The lowest BCUT2D eigenvalue weighted by Gasteiger charge is -2.16. The maximum absolute atomic E-state index is 12.6. The highest BCUT2D eigenvalue weighted by molar-refractivity contribution is 6.87. The van der Waals surface area contributed by atoms with Crippen LogP contribution in [0.3, 0.4) is 0 Å². The van der Waals surface area contributed by atoms with Crippen molar-refractivity contribution in [3.05, 3.63) is 119 Å². The Balaban J connectivity index is 0.925. The summed E-state index contributed by atoms with van der Waals surface area (Å²) in [4.78, 5) is 39.5. The van der Waals surface area contributed by atoms with E-state index >= 15 is 0 Å². The zero-order chi connectivity index (χ0) is 30.5. The lowest BCUT2D eigenvalue weighted by Crippen LogP contribution is -2.45. The summed E-state index contributed by atoms with van der Waals surface area (Å²) in [7, 11) is -2.26. The van der Waals surface area contributed by atoms with Crippen LogP contribution < -0.4 is 10.3 Å². The molecule has 0 aliphatic heterocycles. The second-order valence-corrected chi connectivity index (χ2v) is 13.1. The van der Waals surface area contributed by atoms with Gasteiger partial charge < -0.3 is 24.9 Å². The molecule has 4 aromatic rings. The van der Waals surface area contributed by atoms with E-state index in [0.29, 0.717) is 25.4 Å². The molecule has 0 atom stereocenters. The van der Waals surface area contributed by atoms with Crippen LogP contribution in [0.25, 0.3) is 22.3 Å². The first-order chi connectivity index (χ1) is 21.5. The number of carbonyl (C=O) groups excluding carboxylic acids is 2. The lowest BCUT2D eigenvalue weighted by molar-refractivity contribution is 0.143. The molecule has 44 heavy (non-hydrogen) atoms. The average molecular weight is 606 g/mol. The van der Waals surface area contributed by atoms with E-state index in [1.165, 1.54) is 11.1 Å². The molecule has 0 fully saturated rings. The molecule has 3 N–H and O–H groups in total. The van der Waals surface area contributed by atoms with Gasteiger partial charge in [-0.2, -0.15) is 0 Å². The van der Waals surface area contributed by atoms with Crippen molar-refractivity contribution in [2.75, 3.05) is 19.8 Å². The van der Waals surface area contributed by atoms with Gasteiger partial charge in [0.05, 0.1) is 0 Å². The first kappa shape index (κ1) is 29.2. The van der Waals surface area contributed by atoms with E-state index in [9.17, 15) is 19.5 Å². The zero-order valence-electron chi connectivity index (χ0n) is 24.1. The van der Waals surface area contributed by atoms with E-state index < -0.39 is 26.7 Å². The highest BCUT2D eigenvalue weighted by Gasteiger charge is 2.31. The summed E-state index contributed by atoms with van der Waals surface area (Å²) in [6.07, 6.45) is -0.154. The average Bonchev–Trinajstić information content (AvgIpc) is 3.54. The van der Waals surface area contributed by atoms with E-state index in [2.05, 4.69) is 46.7 Å². The van der Waals surface area contributed by atoms with Crippen molar-refractivity contribution in [1.82, 2.24) is 10.3 Å². The smallest absolute Gasteiger partial charge is 0.407 e. The van der Waals surface area contributed by atoms with Gasteiger partial charge in [0.1, 0.15) is 13.2 Å². The van der Waals surface area contributed by atoms with Crippen molar-refractivity contribution in [1.29, 1.82) is 0 Å². The zero-order valence-corrected chi connectivity index (χ0v) is 25.1. The minimum Gasteiger partial charge on any atom is -0.484 e. The van der Waals surface area contributed by atoms with Crippen LogP contribution in [0, 0.1) is 0 Å².